The van der Waals surface area contributed by atoms with Crippen LogP contribution in [0.2, 0.25) is 0 Å². The quantitative estimate of drug-likeness (QED) is 0.796. The van der Waals surface area contributed by atoms with Crippen molar-refractivity contribution < 1.29 is 23.8 Å². The fourth-order valence-corrected chi connectivity index (χ4v) is 3.41. The van der Waals surface area contributed by atoms with Crippen LogP contribution in [0.15, 0.2) is 18.2 Å². The van der Waals surface area contributed by atoms with Crippen LogP contribution in [0.1, 0.15) is 12.8 Å². The molecule has 1 aromatic rings. The molecule has 2 fully saturated rings. The van der Waals surface area contributed by atoms with E-state index in [1.54, 1.807) is 32.4 Å². The average molecular weight is 377 g/mol. The first-order chi connectivity index (χ1) is 13.1. The second kappa shape index (κ2) is 9.05. The molecular weight excluding hydrogens is 350 g/mol. The van der Waals surface area contributed by atoms with Crippen LogP contribution in [-0.2, 0) is 14.3 Å². The Morgan fingerprint density at radius 3 is 2.59 bits per heavy atom. The van der Waals surface area contributed by atoms with Gasteiger partial charge >= 0.3 is 0 Å². The summed E-state index contributed by atoms with van der Waals surface area (Å²) in [7, 11) is 3.13. The molecule has 3 rings (SSSR count). The number of benzene rings is 1. The standard InChI is InChI=1S/C19H27N3O5/c1-25-14-5-6-16(26-2)15(12-14)20-18(23)13-21-7-9-22(10-8-21)19(24)17-4-3-11-27-17/h5-6,12,17H,3-4,7-11,13H2,1-2H3,(H,20,23). The SMILES string of the molecule is COc1ccc(OC)c(NC(=O)CN2CCN(C(=O)C3CCCO3)CC2)c1. The maximum absolute atomic E-state index is 12.4. The first kappa shape index (κ1) is 19.4. The lowest BCUT2D eigenvalue weighted by Gasteiger charge is -2.35. The van der Waals surface area contributed by atoms with Crippen molar-refractivity contribution in [1.82, 2.24) is 9.80 Å². The summed E-state index contributed by atoms with van der Waals surface area (Å²) in [6.45, 7) is 3.51. The van der Waals surface area contributed by atoms with Crippen LogP contribution >= 0.6 is 0 Å². The normalized spacial score (nSPS) is 20.4. The van der Waals surface area contributed by atoms with Gasteiger partial charge in [0.15, 0.2) is 0 Å². The summed E-state index contributed by atoms with van der Waals surface area (Å²) in [5.41, 5.74) is 0.578. The highest BCUT2D eigenvalue weighted by atomic mass is 16.5. The van der Waals surface area contributed by atoms with Gasteiger partial charge in [-0.15, -0.1) is 0 Å². The van der Waals surface area contributed by atoms with Crippen LogP contribution in [0.3, 0.4) is 0 Å². The van der Waals surface area contributed by atoms with Crippen molar-refractivity contribution in [1.29, 1.82) is 0 Å². The number of carbonyl (C=O) groups is 2. The molecule has 2 heterocycles. The van der Waals surface area contributed by atoms with Gasteiger partial charge in [0.2, 0.25) is 5.91 Å². The van der Waals surface area contributed by atoms with Crippen molar-refractivity contribution in [3.63, 3.8) is 0 Å². The molecule has 0 radical (unpaired) electrons. The molecule has 2 saturated heterocycles. The van der Waals surface area contributed by atoms with Gasteiger partial charge in [0.05, 0.1) is 26.5 Å². The molecule has 27 heavy (non-hydrogen) atoms. The Labute approximate surface area is 159 Å². The third-order valence-corrected chi connectivity index (χ3v) is 4.94. The van der Waals surface area contributed by atoms with Crippen LogP contribution in [-0.4, -0.2) is 81.3 Å². The molecule has 0 saturated carbocycles. The van der Waals surface area contributed by atoms with Crippen LogP contribution in [0.25, 0.3) is 0 Å². The van der Waals surface area contributed by atoms with Gasteiger partial charge in [-0.3, -0.25) is 14.5 Å². The van der Waals surface area contributed by atoms with Crippen molar-refractivity contribution in [3.8, 4) is 11.5 Å². The predicted molar refractivity (Wildman–Crippen MR) is 100 cm³/mol. The number of methoxy groups -OCH3 is 2. The Morgan fingerprint density at radius 2 is 1.96 bits per heavy atom. The predicted octanol–water partition coefficient (Wildman–Crippen LogP) is 0.966. The molecular formula is C19H27N3O5. The molecule has 1 aromatic carbocycles. The molecule has 1 atom stereocenters. The van der Waals surface area contributed by atoms with Gasteiger partial charge in [-0.05, 0) is 25.0 Å². The minimum absolute atomic E-state index is 0.0812. The van der Waals surface area contributed by atoms with Crippen LogP contribution in [0.5, 0.6) is 11.5 Å². The van der Waals surface area contributed by atoms with E-state index in [1.165, 1.54) is 0 Å². The zero-order valence-electron chi connectivity index (χ0n) is 15.9. The molecule has 2 aliphatic rings. The number of amides is 2. The molecule has 8 heteroatoms. The Morgan fingerprint density at radius 1 is 1.19 bits per heavy atom. The fourth-order valence-electron chi connectivity index (χ4n) is 3.41. The van der Waals surface area contributed by atoms with Crippen molar-refractivity contribution in [2.24, 2.45) is 0 Å². The highest BCUT2D eigenvalue weighted by Crippen LogP contribution is 2.28. The van der Waals surface area contributed by atoms with Crippen molar-refractivity contribution in [3.05, 3.63) is 18.2 Å². The summed E-state index contributed by atoms with van der Waals surface area (Å²) in [5, 5.41) is 2.88. The maximum Gasteiger partial charge on any atom is 0.251 e. The first-order valence-electron chi connectivity index (χ1n) is 9.25. The van der Waals surface area contributed by atoms with E-state index in [9.17, 15) is 9.59 Å². The Balaban J connectivity index is 1.49. The fraction of sp³-hybridized carbons (Fsp3) is 0.579. The van der Waals surface area contributed by atoms with Crippen LogP contribution in [0.4, 0.5) is 5.69 Å². The van der Waals surface area contributed by atoms with Gasteiger partial charge in [-0.2, -0.15) is 0 Å². The van der Waals surface area contributed by atoms with Crippen molar-refractivity contribution in [2.75, 3.05) is 58.9 Å². The highest BCUT2D eigenvalue weighted by Gasteiger charge is 2.30. The molecule has 2 amide bonds. The zero-order chi connectivity index (χ0) is 19.2. The molecule has 1 unspecified atom stereocenters. The lowest BCUT2D eigenvalue weighted by Crippen LogP contribution is -2.52. The smallest absolute Gasteiger partial charge is 0.251 e. The number of hydrogen-bond acceptors (Lipinski definition) is 6. The van der Waals surface area contributed by atoms with E-state index in [4.69, 9.17) is 14.2 Å². The molecule has 1 N–H and O–H groups in total. The largest absolute Gasteiger partial charge is 0.497 e. The van der Waals surface area contributed by atoms with E-state index >= 15 is 0 Å². The summed E-state index contributed by atoms with van der Waals surface area (Å²) < 4.78 is 16.0. The van der Waals surface area contributed by atoms with Crippen LogP contribution in [0, 0.1) is 0 Å². The molecule has 148 valence electrons. The number of anilines is 1. The van der Waals surface area contributed by atoms with Crippen LogP contribution < -0.4 is 14.8 Å². The lowest BCUT2D eigenvalue weighted by atomic mass is 10.2. The van der Waals surface area contributed by atoms with E-state index in [0.29, 0.717) is 50.0 Å². The third kappa shape index (κ3) is 4.90. The lowest BCUT2D eigenvalue weighted by molar-refractivity contribution is -0.142. The van der Waals surface area contributed by atoms with Gasteiger partial charge in [0.1, 0.15) is 17.6 Å². The first-order valence-corrected chi connectivity index (χ1v) is 9.25. The number of carbonyl (C=O) groups excluding carboxylic acids is 2. The minimum atomic E-state index is -0.277. The number of piperazine rings is 1. The number of ether oxygens (including phenoxy) is 3. The molecule has 8 nitrogen and oxygen atoms in total. The number of rotatable bonds is 6. The third-order valence-electron chi connectivity index (χ3n) is 4.94. The molecule has 2 aliphatic heterocycles. The number of nitrogens with zero attached hydrogens (tertiary/aromatic N) is 2. The summed E-state index contributed by atoms with van der Waals surface area (Å²) in [6, 6.07) is 5.26. The Bertz CT molecular complexity index is 667. The zero-order valence-corrected chi connectivity index (χ0v) is 15.9. The topological polar surface area (TPSA) is 80.3 Å². The summed E-state index contributed by atoms with van der Waals surface area (Å²) in [4.78, 5) is 28.7. The average Bonchev–Trinajstić information content (AvgIpc) is 3.22. The van der Waals surface area contributed by atoms with Gasteiger partial charge in [0.25, 0.3) is 5.91 Å². The van der Waals surface area contributed by atoms with E-state index in [2.05, 4.69) is 5.32 Å². The Kier molecular flexibility index (Phi) is 6.52. The van der Waals surface area contributed by atoms with Gasteiger partial charge in [0, 0.05) is 38.9 Å². The molecule has 0 spiro atoms. The summed E-state index contributed by atoms with van der Waals surface area (Å²) >= 11 is 0. The van der Waals surface area contributed by atoms with E-state index in [-0.39, 0.29) is 24.5 Å². The maximum atomic E-state index is 12.4. The number of hydrogen-bond donors (Lipinski definition) is 1. The molecule has 0 aromatic heterocycles. The summed E-state index contributed by atoms with van der Waals surface area (Å²) in [6.07, 6.45) is 1.48. The Hall–Kier alpha value is -2.32. The number of nitrogens with one attached hydrogen (secondary N) is 1. The summed E-state index contributed by atoms with van der Waals surface area (Å²) in [5.74, 6) is 1.18. The second-order valence-electron chi connectivity index (χ2n) is 6.72. The molecule has 0 aliphatic carbocycles. The van der Waals surface area contributed by atoms with E-state index < -0.39 is 0 Å². The highest BCUT2D eigenvalue weighted by molar-refractivity contribution is 5.94. The monoisotopic (exact) mass is 377 g/mol. The van der Waals surface area contributed by atoms with E-state index in [1.807, 2.05) is 9.80 Å². The van der Waals surface area contributed by atoms with Gasteiger partial charge in [-0.25, -0.2) is 0 Å². The minimum Gasteiger partial charge on any atom is -0.497 e. The van der Waals surface area contributed by atoms with Crippen molar-refractivity contribution in [2.45, 2.75) is 18.9 Å². The van der Waals surface area contributed by atoms with Gasteiger partial charge in [-0.1, -0.05) is 0 Å². The molecule has 0 bridgehead atoms. The van der Waals surface area contributed by atoms with Gasteiger partial charge < -0.3 is 24.4 Å². The second-order valence-corrected chi connectivity index (χ2v) is 6.72. The van der Waals surface area contributed by atoms with E-state index in [0.717, 1.165) is 12.8 Å². The van der Waals surface area contributed by atoms with Crippen molar-refractivity contribution >= 4 is 17.5 Å².